The van der Waals surface area contributed by atoms with Gasteiger partial charge in [0.25, 0.3) is 0 Å². The summed E-state index contributed by atoms with van der Waals surface area (Å²) in [6.07, 6.45) is 5.31. The normalized spacial score (nSPS) is 29.9. The van der Waals surface area contributed by atoms with Crippen LogP contribution in [0.2, 0.25) is 0 Å². The van der Waals surface area contributed by atoms with E-state index in [2.05, 4.69) is 35.2 Å². The van der Waals surface area contributed by atoms with Gasteiger partial charge in [-0.15, -0.1) is 0 Å². The Bertz CT molecular complexity index is 519. The number of nitrogens with zero attached hydrogens (tertiary/aromatic N) is 2. The van der Waals surface area contributed by atoms with Crippen molar-refractivity contribution in [2.45, 2.75) is 44.2 Å². The van der Waals surface area contributed by atoms with E-state index < -0.39 is 5.54 Å². The van der Waals surface area contributed by atoms with Gasteiger partial charge in [-0.1, -0.05) is 30.7 Å². The maximum absolute atomic E-state index is 9.27. The first-order chi connectivity index (χ1) is 9.71. The molecule has 2 N–H and O–H groups in total. The van der Waals surface area contributed by atoms with E-state index in [0.29, 0.717) is 5.92 Å². The van der Waals surface area contributed by atoms with Crippen molar-refractivity contribution >= 4 is 0 Å². The molecule has 1 heterocycles. The molecule has 106 valence electrons. The molecule has 1 aromatic carbocycles. The highest BCUT2D eigenvalue weighted by atomic mass is 15.1. The van der Waals surface area contributed by atoms with E-state index in [9.17, 15) is 5.26 Å². The van der Waals surface area contributed by atoms with Gasteiger partial charge in [0.2, 0.25) is 0 Å². The first kappa shape index (κ1) is 13.6. The third kappa shape index (κ3) is 2.59. The first-order valence-corrected chi connectivity index (χ1v) is 7.70. The van der Waals surface area contributed by atoms with Crippen LogP contribution >= 0.6 is 0 Å². The standard InChI is InChI=1S/C17H23N3/c18-13-17(19)9-3-6-16(17)8-11-20-10-7-14-4-1-2-5-15(14)12-20/h1-2,4-5,16H,3,6-12,19H2. The predicted octanol–water partition coefficient (Wildman–Crippen LogP) is 2.46. The first-order valence-electron chi connectivity index (χ1n) is 7.70. The second kappa shape index (κ2) is 5.55. The van der Waals surface area contributed by atoms with Crippen molar-refractivity contribution < 1.29 is 0 Å². The molecule has 0 aromatic heterocycles. The van der Waals surface area contributed by atoms with Crippen molar-refractivity contribution in [1.29, 1.82) is 5.26 Å². The quantitative estimate of drug-likeness (QED) is 0.917. The molecule has 20 heavy (non-hydrogen) atoms. The van der Waals surface area contributed by atoms with Crippen molar-refractivity contribution in [2.75, 3.05) is 13.1 Å². The van der Waals surface area contributed by atoms with Gasteiger partial charge < -0.3 is 5.73 Å². The lowest BCUT2D eigenvalue weighted by atomic mass is 9.86. The zero-order chi connectivity index (χ0) is 14.0. The molecule has 0 spiro atoms. The van der Waals surface area contributed by atoms with Crippen molar-refractivity contribution in [2.24, 2.45) is 11.7 Å². The molecule has 2 atom stereocenters. The van der Waals surface area contributed by atoms with Crippen LogP contribution in [-0.2, 0) is 13.0 Å². The average Bonchev–Trinajstić information content (AvgIpc) is 2.87. The van der Waals surface area contributed by atoms with Gasteiger partial charge in [0.15, 0.2) is 0 Å². The summed E-state index contributed by atoms with van der Waals surface area (Å²) in [4.78, 5) is 2.51. The lowest BCUT2D eigenvalue weighted by Gasteiger charge is -2.31. The Morgan fingerprint density at radius 2 is 2.15 bits per heavy atom. The van der Waals surface area contributed by atoms with Crippen molar-refractivity contribution in [3.05, 3.63) is 35.4 Å². The van der Waals surface area contributed by atoms with Crippen LogP contribution in [0.5, 0.6) is 0 Å². The topological polar surface area (TPSA) is 53.1 Å². The maximum atomic E-state index is 9.27. The molecular weight excluding hydrogens is 246 g/mol. The third-order valence-corrected chi connectivity index (χ3v) is 5.08. The largest absolute Gasteiger partial charge is 0.313 e. The number of fused-ring (bicyclic) bond motifs is 1. The lowest BCUT2D eigenvalue weighted by molar-refractivity contribution is 0.221. The fraction of sp³-hybridized carbons (Fsp3) is 0.588. The van der Waals surface area contributed by atoms with Crippen LogP contribution in [0.3, 0.4) is 0 Å². The Morgan fingerprint density at radius 1 is 1.35 bits per heavy atom. The molecule has 1 aromatic rings. The SMILES string of the molecule is N#CC1(N)CCCC1CCN1CCc2ccccc2C1. The molecule has 3 heteroatoms. The van der Waals surface area contributed by atoms with Gasteiger partial charge in [0, 0.05) is 13.1 Å². The molecule has 3 rings (SSSR count). The summed E-state index contributed by atoms with van der Waals surface area (Å²) >= 11 is 0. The third-order valence-electron chi connectivity index (χ3n) is 5.08. The van der Waals surface area contributed by atoms with E-state index in [4.69, 9.17) is 5.73 Å². The smallest absolute Gasteiger partial charge is 0.107 e. The Morgan fingerprint density at radius 3 is 2.95 bits per heavy atom. The molecule has 3 nitrogen and oxygen atoms in total. The highest BCUT2D eigenvalue weighted by Crippen LogP contribution is 2.35. The molecule has 0 radical (unpaired) electrons. The van der Waals surface area contributed by atoms with Crippen LogP contribution < -0.4 is 5.73 Å². The van der Waals surface area contributed by atoms with Gasteiger partial charge in [-0.2, -0.15) is 5.26 Å². The monoisotopic (exact) mass is 269 g/mol. The number of rotatable bonds is 3. The van der Waals surface area contributed by atoms with Crippen molar-refractivity contribution in [1.82, 2.24) is 4.90 Å². The maximum Gasteiger partial charge on any atom is 0.107 e. The second-order valence-electron chi connectivity index (χ2n) is 6.32. The Balaban J connectivity index is 1.57. The zero-order valence-corrected chi connectivity index (χ0v) is 12.0. The summed E-state index contributed by atoms with van der Waals surface area (Å²) in [7, 11) is 0. The summed E-state index contributed by atoms with van der Waals surface area (Å²) in [6, 6.07) is 11.1. The Kier molecular flexibility index (Phi) is 3.78. The zero-order valence-electron chi connectivity index (χ0n) is 12.0. The summed E-state index contributed by atoms with van der Waals surface area (Å²) in [5, 5.41) is 9.27. The average molecular weight is 269 g/mol. The van der Waals surface area contributed by atoms with E-state index >= 15 is 0 Å². The molecule has 0 amide bonds. The van der Waals surface area contributed by atoms with E-state index in [0.717, 1.165) is 51.7 Å². The van der Waals surface area contributed by atoms with Crippen LogP contribution in [0.15, 0.2) is 24.3 Å². The van der Waals surface area contributed by atoms with E-state index in [-0.39, 0.29) is 0 Å². The van der Waals surface area contributed by atoms with E-state index in [1.165, 1.54) is 11.1 Å². The Labute approximate surface area is 121 Å². The molecule has 1 saturated carbocycles. The van der Waals surface area contributed by atoms with Gasteiger partial charge in [-0.05, 0) is 49.3 Å². The van der Waals surface area contributed by atoms with Gasteiger partial charge in [0.05, 0.1) is 6.07 Å². The molecule has 1 aliphatic heterocycles. The van der Waals surface area contributed by atoms with Crippen molar-refractivity contribution in [3.8, 4) is 6.07 Å². The highest BCUT2D eigenvalue weighted by molar-refractivity contribution is 5.29. The van der Waals surface area contributed by atoms with Crippen LogP contribution in [0.1, 0.15) is 36.8 Å². The Hall–Kier alpha value is -1.37. The predicted molar refractivity (Wildman–Crippen MR) is 79.9 cm³/mol. The number of benzene rings is 1. The van der Waals surface area contributed by atoms with E-state index in [1.807, 2.05) is 0 Å². The fourth-order valence-electron chi connectivity index (χ4n) is 3.74. The van der Waals surface area contributed by atoms with Crippen LogP contribution in [0, 0.1) is 17.2 Å². The molecule has 0 saturated heterocycles. The van der Waals surface area contributed by atoms with Crippen molar-refractivity contribution in [3.63, 3.8) is 0 Å². The molecule has 2 unspecified atom stereocenters. The highest BCUT2D eigenvalue weighted by Gasteiger charge is 2.39. The number of hydrogen-bond acceptors (Lipinski definition) is 3. The van der Waals surface area contributed by atoms with Crippen LogP contribution in [-0.4, -0.2) is 23.5 Å². The van der Waals surface area contributed by atoms with Gasteiger partial charge in [-0.3, -0.25) is 4.90 Å². The van der Waals surface area contributed by atoms with Gasteiger partial charge in [0.1, 0.15) is 5.54 Å². The lowest BCUT2D eigenvalue weighted by Crippen LogP contribution is -2.43. The summed E-state index contributed by atoms with van der Waals surface area (Å²) in [5.41, 5.74) is 8.61. The van der Waals surface area contributed by atoms with Gasteiger partial charge >= 0.3 is 0 Å². The van der Waals surface area contributed by atoms with Crippen LogP contribution in [0.25, 0.3) is 0 Å². The molecule has 0 bridgehead atoms. The molecule has 1 aliphatic carbocycles. The fourth-order valence-corrected chi connectivity index (χ4v) is 3.74. The molecular formula is C17H23N3. The minimum Gasteiger partial charge on any atom is -0.313 e. The van der Waals surface area contributed by atoms with Crippen LogP contribution in [0.4, 0.5) is 0 Å². The number of nitriles is 1. The summed E-state index contributed by atoms with van der Waals surface area (Å²) < 4.78 is 0. The summed E-state index contributed by atoms with van der Waals surface area (Å²) in [5.74, 6) is 0.379. The number of nitrogens with two attached hydrogens (primary N) is 1. The molecule has 2 aliphatic rings. The second-order valence-corrected chi connectivity index (χ2v) is 6.32. The minimum absolute atomic E-state index is 0.379. The van der Waals surface area contributed by atoms with Gasteiger partial charge in [-0.25, -0.2) is 0 Å². The van der Waals surface area contributed by atoms with E-state index in [1.54, 1.807) is 0 Å². The summed E-state index contributed by atoms with van der Waals surface area (Å²) in [6.45, 7) is 3.25. The molecule has 1 fully saturated rings. The minimum atomic E-state index is -0.562. The number of hydrogen-bond donors (Lipinski definition) is 1.